The average Bonchev–Trinajstić information content (AvgIpc) is 2.47. The molecule has 0 aliphatic carbocycles. The maximum atomic E-state index is 11.0. The highest BCUT2D eigenvalue weighted by atomic mass is 32.1. The predicted octanol–water partition coefficient (Wildman–Crippen LogP) is 0.366. The highest BCUT2D eigenvalue weighted by Gasteiger charge is 2.07. The zero-order chi connectivity index (χ0) is 9.68. The van der Waals surface area contributed by atoms with Crippen LogP contribution in [0.2, 0.25) is 0 Å². The third-order valence-electron chi connectivity index (χ3n) is 1.40. The van der Waals surface area contributed by atoms with Gasteiger partial charge in [-0.15, -0.1) is 0 Å². The molecule has 5 nitrogen and oxygen atoms in total. The Kier molecular flexibility index (Phi) is 3.49. The lowest BCUT2D eigenvalue weighted by Crippen LogP contribution is -2.09. The number of aromatic amines is 1. The topological polar surface area (TPSA) is 77.9 Å². The monoisotopic (exact) mass is 199 g/mol. The smallest absolute Gasteiger partial charge is 0.278 e. The molecular formula is C7H9N3O2S. The van der Waals surface area contributed by atoms with Gasteiger partial charge in [-0.2, -0.15) is 5.26 Å². The van der Waals surface area contributed by atoms with Gasteiger partial charge in [0.15, 0.2) is 5.56 Å². The van der Waals surface area contributed by atoms with Gasteiger partial charge in [-0.25, -0.2) is 0 Å². The summed E-state index contributed by atoms with van der Waals surface area (Å²) in [4.78, 5) is 11.0. The molecule has 1 heterocycles. The van der Waals surface area contributed by atoms with Gasteiger partial charge in [-0.1, -0.05) is 0 Å². The number of hydrogen-bond acceptors (Lipinski definition) is 5. The van der Waals surface area contributed by atoms with Crippen LogP contribution in [0.1, 0.15) is 5.56 Å². The van der Waals surface area contributed by atoms with Gasteiger partial charge in [0.1, 0.15) is 11.1 Å². The zero-order valence-corrected chi connectivity index (χ0v) is 7.90. The Labute approximate surface area is 79.1 Å². The maximum absolute atomic E-state index is 11.0. The molecule has 0 saturated heterocycles. The Morgan fingerprint density at radius 3 is 3.15 bits per heavy atom. The van der Waals surface area contributed by atoms with Crippen molar-refractivity contribution < 1.29 is 4.74 Å². The minimum Gasteiger partial charge on any atom is -0.383 e. The normalized spacial score (nSPS) is 9.54. The molecule has 0 aliphatic heterocycles. The van der Waals surface area contributed by atoms with Crippen molar-refractivity contribution in [3.8, 4) is 6.07 Å². The first-order valence-electron chi connectivity index (χ1n) is 3.64. The van der Waals surface area contributed by atoms with Crippen LogP contribution in [0.3, 0.4) is 0 Å². The lowest BCUT2D eigenvalue weighted by atomic mass is 10.4. The molecular weight excluding hydrogens is 190 g/mol. The molecule has 0 atom stereocenters. The second kappa shape index (κ2) is 4.64. The summed E-state index contributed by atoms with van der Waals surface area (Å²) < 4.78 is 7.29. The van der Waals surface area contributed by atoms with Crippen LogP contribution < -0.4 is 10.9 Å². The molecule has 0 radical (unpaired) electrons. The van der Waals surface area contributed by atoms with Gasteiger partial charge in [0.25, 0.3) is 5.56 Å². The second-order valence-electron chi connectivity index (χ2n) is 2.27. The Bertz CT molecular complexity index is 363. The van der Waals surface area contributed by atoms with E-state index in [0.29, 0.717) is 18.2 Å². The first-order chi connectivity index (χ1) is 6.29. The van der Waals surface area contributed by atoms with Crippen LogP contribution in [0.4, 0.5) is 5.00 Å². The zero-order valence-electron chi connectivity index (χ0n) is 7.09. The quantitative estimate of drug-likeness (QED) is 0.686. The Morgan fingerprint density at radius 1 is 1.77 bits per heavy atom. The molecule has 0 spiro atoms. The standard InChI is InChI=1S/C7H9N3O2S/c1-12-3-2-9-7-5(4-8)6(11)10-13-7/h9H,2-3H2,1H3,(H,10,11). The molecule has 0 fully saturated rings. The largest absolute Gasteiger partial charge is 0.383 e. The van der Waals surface area contributed by atoms with E-state index in [2.05, 4.69) is 9.69 Å². The summed E-state index contributed by atoms with van der Waals surface area (Å²) in [6.07, 6.45) is 0. The molecule has 70 valence electrons. The van der Waals surface area contributed by atoms with E-state index < -0.39 is 0 Å². The Hall–Kier alpha value is -1.32. The number of ether oxygens (including phenoxy) is 1. The van der Waals surface area contributed by atoms with Gasteiger partial charge in [0, 0.05) is 13.7 Å². The summed E-state index contributed by atoms with van der Waals surface area (Å²) in [5.41, 5.74) is -0.200. The summed E-state index contributed by atoms with van der Waals surface area (Å²) >= 11 is 1.12. The summed E-state index contributed by atoms with van der Waals surface area (Å²) in [5.74, 6) is 0. The highest BCUT2D eigenvalue weighted by Crippen LogP contribution is 2.14. The summed E-state index contributed by atoms with van der Waals surface area (Å²) in [7, 11) is 1.59. The van der Waals surface area contributed by atoms with Crippen molar-refractivity contribution in [2.24, 2.45) is 0 Å². The summed E-state index contributed by atoms with van der Waals surface area (Å²) in [6.45, 7) is 1.12. The number of nitrogens with zero attached hydrogens (tertiary/aromatic N) is 1. The van der Waals surface area contributed by atoms with E-state index in [1.807, 2.05) is 6.07 Å². The summed E-state index contributed by atoms with van der Waals surface area (Å²) in [5, 5.41) is 12.1. The molecule has 0 amide bonds. The van der Waals surface area contributed by atoms with E-state index >= 15 is 0 Å². The fourth-order valence-electron chi connectivity index (χ4n) is 0.795. The van der Waals surface area contributed by atoms with Crippen molar-refractivity contribution in [1.29, 1.82) is 5.26 Å². The van der Waals surface area contributed by atoms with E-state index in [-0.39, 0.29) is 11.1 Å². The van der Waals surface area contributed by atoms with Crippen LogP contribution in [0.25, 0.3) is 0 Å². The Balaban J connectivity index is 2.67. The fraction of sp³-hybridized carbons (Fsp3) is 0.429. The van der Waals surface area contributed by atoms with Crippen molar-refractivity contribution in [2.45, 2.75) is 0 Å². The van der Waals surface area contributed by atoms with Crippen molar-refractivity contribution in [2.75, 3.05) is 25.6 Å². The molecule has 0 bridgehead atoms. The lowest BCUT2D eigenvalue weighted by molar-refractivity contribution is 0.211. The van der Waals surface area contributed by atoms with Gasteiger partial charge in [0.05, 0.1) is 6.61 Å². The van der Waals surface area contributed by atoms with Crippen molar-refractivity contribution in [1.82, 2.24) is 4.37 Å². The minimum atomic E-state index is -0.340. The number of H-pyrrole nitrogens is 1. The van der Waals surface area contributed by atoms with Crippen LogP contribution in [-0.4, -0.2) is 24.6 Å². The highest BCUT2D eigenvalue weighted by molar-refractivity contribution is 7.10. The van der Waals surface area contributed by atoms with E-state index in [1.165, 1.54) is 0 Å². The number of rotatable bonds is 4. The molecule has 0 unspecified atom stereocenters. The molecule has 0 saturated carbocycles. The maximum Gasteiger partial charge on any atom is 0.278 e. The molecule has 2 N–H and O–H groups in total. The van der Waals surface area contributed by atoms with Gasteiger partial charge in [-0.3, -0.25) is 9.17 Å². The molecule has 0 aliphatic rings. The molecule has 1 aromatic rings. The predicted molar refractivity (Wildman–Crippen MR) is 50.0 cm³/mol. The molecule has 1 aromatic heterocycles. The van der Waals surface area contributed by atoms with Crippen LogP contribution in [0, 0.1) is 11.3 Å². The van der Waals surface area contributed by atoms with E-state index in [1.54, 1.807) is 7.11 Å². The molecule has 1 rings (SSSR count). The fourth-order valence-corrected chi connectivity index (χ4v) is 1.51. The van der Waals surface area contributed by atoms with Crippen LogP contribution >= 0.6 is 11.5 Å². The van der Waals surface area contributed by atoms with Crippen LogP contribution in [0.5, 0.6) is 0 Å². The summed E-state index contributed by atoms with van der Waals surface area (Å²) in [6, 6.07) is 1.83. The third kappa shape index (κ3) is 2.31. The number of anilines is 1. The third-order valence-corrected chi connectivity index (χ3v) is 2.24. The van der Waals surface area contributed by atoms with Crippen molar-refractivity contribution in [3.05, 3.63) is 15.9 Å². The molecule has 0 aromatic carbocycles. The van der Waals surface area contributed by atoms with Crippen LogP contribution in [0.15, 0.2) is 4.79 Å². The number of nitriles is 1. The second-order valence-corrected chi connectivity index (χ2v) is 3.09. The van der Waals surface area contributed by atoms with Crippen LogP contribution in [-0.2, 0) is 4.74 Å². The first-order valence-corrected chi connectivity index (χ1v) is 4.45. The molecule has 13 heavy (non-hydrogen) atoms. The first kappa shape index (κ1) is 9.77. The lowest BCUT2D eigenvalue weighted by Gasteiger charge is -2.00. The van der Waals surface area contributed by atoms with E-state index in [9.17, 15) is 4.79 Å². The number of nitrogens with one attached hydrogen (secondary N) is 2. The number of hydrogen-bond donors (Lipinski definition) is 2. The SMILES string of the molecule is COCCNc1s[nH]c(=O)c1C#N. The van der Waals surface area contributed by atoms with Crippen molar-refractivity contribution >= 4 is 16.5 Å². The van der Waals surface area contributed by atoms with E-state index in [0.717, 1.165) is 11.5 Å². The van der Waals surface area contributed by atoms with Gasteiger partial charge >= 0.3 is 0 Å². The van der Waals surface area contributed by atoms with Crippen molar-refractivity contribution in [3.63, 3.8) is 0 Å². The van der Waals surface area contributed by atoms with Gasteiger partial charge in [-0.05, 0) is 11.5 Å². The van der Waals surface area contributed by atoms with Gasteiger partial charge < -0.3 is 10.1 Å². The number of methoxy groups -OCH3 is 1. The Morgan fingerprint density at radius 2 is 2.54 bits per heavy atom. The van der Waals surface area contributed by atoms with Gasteiger partial charge in [0.2, 0.25) is 0 Å². The molecule has 6 heteroatoms. The van der Waals surface area contributed by atoms with E-state index in [4.69, 9.17) is 10.00 Å². The minimum absolute atomic E-state index is 0.140. The average molecular weight is 199 g/mol. The number of aromatic nitrogens is 1.